The van der Waals surface area contributed by atoms with Gasteiger partial charge in [-0.3, -0.25) is 4.72 Å². The molecule has 3 heterocycles. The molecule has 15 heteroatoms. The fourth-order valence-corrected chi connectivity index (χ4v) is 6.27. The molecular formula is C31H30BrN7O5S2. The maximum absolute atomic E-state index is 13.8. The monoisotopic (exact) mass is 723 g/mol. The van der Waals surface area contributed by atoms with Gasteiger partial charge < -0.3 is 14.2 Å². The number of anilines is 1. The van der Waals surface area contributed by atoms with Crippen LogP contribution < -0.4 is 18.9 Å². The minimum Gasteiger partial charge on any atom is -0.496 e. The molecule has 3 aromatic heterocycles. The summed E-state index contributed by atoms with van der Waals surface area (Å²) in [7, 11) is -2.56. The van der Waals surface area contributed by atoms with E-state index in [4.69, 9.17) is 14.2 Å². The summed E-state index contributed by atoms with van der Waals surface area (Å²) in [5.74, 6) is 0.847. The third-order valence-corrected chi connectivity index (χ3v) is 9.19. The van der Waals surface area contributed by atoms with E-state index in [1.165, 1.54) is 24.2 Å². The maximum Gasteiger partial charge on any atom is 0.316 e. The number of sulfonamides is 1. The fourth-order valence-electron chi connectivity index (χ4n) is 3.98. The molecule has 238 valence electrons. The lowest BCUT2D eigenvalue weighted by molar-refractivity contribution is 0.198. The molecule has 0 fully saturated rings. The highest BCUT2D eigenvalue weighted by Crippen LogP contribution is 2.43. The zero-order valence-electron chi connectivity index (χ0n) is 25.3. The van der Waals surface area contributed by atoms with Gasteiger partial charge in [0.1, 0.15) is 23.9 Å². The Bertz CT molecular complexity index is 1890. The molecule has 0 aliphatic rings. The first-order valence-corrected chi connectivity index (χ1v) is 17.0. The zero-order chi connectivity index (χ0) is 32.7. The molecule has 2 aromatic carbocycles. The number of hydrogen-bond donors (Lipinski definition) is 1. The predicted octanol–water partition coefficient (Wildman–Crippen LogP) is 6.20. The maximum atomic E-state index is 13.8. The Morgan fingerprint density at radius 2 is 1.52 bits per heavy atom. The summed E-state index contributed by atoms with van der Waals surface area (Å²) in [6.45, 7) is 6.27. The van der Waals surface area contributed by atoms with Crippen molar-refractivity contribution in [3.63, 3.8) is 0 Å². The van der Waals surface area contributed by atoms with E-state index in [-0.39, 0.29) is 52.9 Å². The Labute approximate surface area is 279 Å². The van der Waals surface area contributed by atoms with Gasteiger partial charge in [0.05, 0.1) is 21.4 Å². The first kappa shape index (κ1) is 33.0. The number of halogens is 1. The van der Waals surface area contributed by atoms with E-state index in [0.717, 1.165) is 5.56 Å². The average molecular weight is 725 g/mol. The Hall–Kier alpha value is -4.34. The van der Waals surface area contributed by atoms with Crippen LogP contribution in [0.2, 0.25) is 0 Å². The summed E-state index contributed by atoms with van der Waals surface area (Å²) in [6, 6.07) is 15.8. The normalized spacial score (nSPS) is 11.6. The van der Waals surface area contributed by atoms with Gasteiger partial charge in [0.25, 0.3) is 10.0 Å². The summed E-state index contributed by atoms with van der Waals surface area (Å²) < 4.78 is 48.2. The number of hydrogen-bond acceptors (Lipinski definition) is 12. The second-order valence-electron chi connectivity index (χ2n) is 10.6. The van der Waals surface area contributed by atoms with Crippen LogP contribution in [0, 0.1) is 0 Å². The summed E-state index contributed by atoms with van der Waals surface area (Å²) in [5.41, 5.74) is 0.848. The molecule has 0 bridgehead atoms. The topological polar surface area (TPSA) is 151 Å². The lowest BCUT2D eigenvalue weighted by Gasteiger charge is -2.20. The highest BCUT2D eigenvalue weighted by Gasteiger charge is 2.25. The number of benzene rings is 2. The van der Waals surface area contributed by atoms with Crippen LogP contribution >= 0.6 is 27.7 Å². The van der Waals surface area contributed by atoms with Crippen LogP contribution in [0.4, 0.5) is 5.82 Å². The van der Waals surface area contributed by atoms with Gasteiger partial charge in [-0.05, 0) is 57.2 Å². The first-order valence-electron chi connectivity index (χ1n) is 13.9. The van der Waals surface area contributed by atoms with Crippen LogP contribution in [0.25, 0.3) is 11.6 Å². The molecule has 0 saturated carbocycles. The van der Waals surface area contributed by atoms with Crippen LogP contribution in [0.1, 0.15) is 26.3 Å². The fraction of sp³-hybridized carbons (Fsp3) is 0.226. The van der Waals surface area contributed by atoms with E-state index < -0.39 is 10.0 Å². The Balaban J connectivity index is 1.55. The van der Waals surface area contributed by atoms with Gasteiger partial charge in [-0.25, -0.2) is 33.3 Å². The number of nitrogens with one attached hydrogen (secondary N) is 1. The van der Waals surface area contributed by atoms with Gasteiger partial charge in [-0.2, -0.15) is 4.98 Å². The van der Waals surface area contributed by atoms with Crippen LogP contribution in [0.15, 0.2) is 98.5 Å². The summed E-state index contributed by atoms with van der Waals surface area (Å²) >= 11 is 4.47. The molecule has 0 aliphatic heterocycles. The molecule has 0 spiro atoms. The number of para-hydroxylation sites is 1. The van der Waals surface area contributed by atoms with Crippen molar-refractivity contribution in [2.75, 3.05) is 25.0 Å². The van der Waals surface area contributed by atoms with Crippen LogP contribution in [0.3, 0.4) is 0 Å². The SMILES string of the molecule is COc1ccccc1Sc1c(NS(=O)(=O)c2ccc(C(C)(C)C)cc2)nc(-c2ncccn2)nc1OCCOc1ncc(Br)cn1. The van der Waals surface area contributed by atoms with Gasteiger partial charge in [-0.1, -0.05) is 56.8 Å². The second-order valence-corrected chi connectivity index (χ2v) is 14.3. The quantitative estimate of drug-likeness (QED) is 0.146. The number of nitrogens with zero attached hydrogens (tertiary/aromatic N) is 6. The minimum atomic E-state index is -4.11. The van der Waals surface area contributed by atoms with E-state index in [1.54, 1.807) is 55.9 Å². The molecule has 5 rings (SSSR count). The Morgan fingerprint density at radius 1 is 0.848 bits per heavy atom. The van der Waals surface area contributed by atoms with Gasteiger partial charge >= 0.3 is 6.01 Å². The molecule has 1 N–H and O–H groups in total. The van der Waals surface area contributed by atoms with E-state index in [0.29, 0.717) is 20.0 Å². The predicted molar refractivity (Wildman–Crippen MR) is 177 cm³/mol. The van der Waals surface area contributed by atoms with Gasteiger partial charge in [0.2, 0.25) is 11.7 Å². The number of rotatable bonds is 12. The number of ether oxygens (including phenoxy) is 3. The highest BCUT2D eigenvalue weighted by atomic mass is 79.9. The molecule has 0 amide bonds. The number of aromatic nitrogens is 6. The van der Waals surface area contributed by atoms with E-state index in [9.17, 15) is 8.42 Å². The van der Waals surface area contributed by atoms with E-state index >= 15 is 0 Å². The molecule has 12 nitrogen and oxygen atoms in total. The molecule has 5 aromatic rings. The summed E-state index contributed by atoms with van der Waals surface area (Å²) in [5, 5.41) is 0. The highest BCUT2D eigenvalue weighted by molar-refractivity contribution is 9.10. The molecule has 46 heavy (non-hydrogen) atoms. The Kier molecular flexibility index (Phi) is 10.3. The van der Waals surface area contributed by atoms with Crippen LogP contribution in [-0.4, -0.2) is 58.6 Å². The van der Waals surface area contributed by atoms with Gasteiger partial charge in [-0.15, -0.1) is 0 Å². The molecule has 0 atom stereocenters. The third kappa shape index (κ3) is 8.27. The minimum absolute atomic E-state index is 0.0193. The van der Waals surface area contributed by atoms with Crippen molar-refractivity contribution in [2.45, 2.75) is 40.9 Å². The smallest absolute Gasteiger partial charge is 0.316 e. The van der Waals surface area contributed by atoms with Crippen LogP contribution in [-0.2, 0) is 15.4 Å². The lowest BCUT2D eigenvalue weighted by atomic mass is 9.87. The van der Waals surface area contributed by atoms with Crippen molar-refractivity contribution >= 4 is 43.5 Å². The first-order chi connectivity index (χ1) is 22.0. The van der Waals surface area contributed by atoms with Crippen molar-refractivity contribution in [3.8, 4) is 29.3 Å². The third-order valence-electron chi connectivity index (χ3n) is 6.29. The largest absolute Gasteiger partial charge is 0.496 e. The van der Waals surface area contributed by atoms with Crippen LogP contribution in [0.5, 0.6) is 17.6 Å². The van der Waals surface area contributed by atoms with Gasteiger partial charge in [0.15, 0.2) is 11.6 Å². The standard InChI is InChI=1S/C31H30BrN7O5S2/c1-31(2,3)20-10-12-22(13-11-20)46(40,41)39-26-25(45-24-9-6-5-8-23(24)42-4)29(38-28(37-26)27-33-14-7-15-34-27)43-16-17-44-30-35-18-21(32)19-36-30/h5-15,18-19H,16-17H2,1-4H3,(H,37,38,39). The average Bonchev–Trinajstić information content (AvgIpc) is 3.05. The van der Waals surface area contributed by atoms with Crippen molar-refractivity contribution in [2.24, 2.45) is 0 Å². The van der Waals surface area contributed by atoms with Crippen molar-refractivity contribution in [1.82, 2.24) is 29.9 Å². The van der Waals surface area contributed by atoms with Crippen molar-refractivity contribution in [3.05, 3.63) is 89.4 Å². The molecule has 0 saturated heterocycles. The van der Waals surface area contributed by atoms with Crippen molar-refractivity contribution < 1.29 is 22.6 Å². The second kappa shape index (κ2) is 14.4. The molecular weight excluding hydrogens is 694 g/mol. The molecule has 0 unspecified atom stereocenters. The lowest BCUT2D eigenvalue weighted by Crippen LogP contribution is -2.18. The van der Waals surface area contributed by atoms with Crippen molar-refractivity contribution in [1.29, 1.82) is 0 Å². The van der Waals surface area contributed by atoms with E-state index in [1.807, 2.05) is 18.2 Å². The molecule has 0 aliphatic carbocycles. The zero-order valence-corrected chi connectivity index (χ0v) is 28.6. The summed E-state index contributed by atoms with van der Waals surface area (Å²) in [6.07, 6.45) is 6.21. The summed E-state index contributed by atoms with van der Waals surface area (Å²) in [4.78, 5) is 26.9. The van der Waals surface area contributed by atoms with E-state index in [2.05, 4.69) is 71.3 Å². The number of methoxy groups -OCH3 is 1. The Morgan fingerprint density at radius 3 is 2.20 bits per heavy atom. The van der Waals surface area contributed by atoms with Gasteiger partial charge in [0, 0.05) is 24.8 Å². The molecule has 0 radical (unpaired) electrons.